The molecule has 0 spiro atoms. The fraction of sp³-hybridized carbons (Fsp3) is 0. The minimum atomic E-state index is -2.29. The molecule has 9 heteroatoms. The summed E-state index contributed by atoms with van der Waals surface area (Å²) < 4.78 is 69.6. The Kier molecular flexibility index (Phi) is 4.85. The lowest BCUT2D eigenvalue weighted by molar-refractivity contribution is 0.381. The monoisotopic (exact) mass is 439 g/mol. The predicted octanol–water partition coefficient (Wildman–Crippen LogP) is 5.33. The molecule has 3 nitrogen and oxygen atoms in total. The Bertz CT molecular complexity index is 1100. The lowest BCUT2D eigenvalue weighted by Crippen LogP contribution is -2.07. The van der Waals surface area contributed by atoms with E-state index in [9.17, 15) is 27.2 Å². The number of hydrogen-bond acceptors (Lipinski definition) is 3. The van der Waals surface area contributed by atoms with Crippen molar-refractivity contribution in [3.8, 4) is 28.5 Å². The van der Waals surface area contributed by atoms with E-state index in [-0.39, 0.29) is 5.69 Å². The van der Waals surface area contributed by atoms with Gasteiger partial charge in [0.2, 0.25) is 5.82 Å². The number of nitriles is 1. The van der Waals surface area contributed by atoms with Gasteiger partial charge < -0.3 is 5.73 Å². The van der Waals surface area contributed by atoms with Gasteiger partial charge in [0.25, 0.3) is 0 Å². The molecule has 0 atom stereocenters. The van der Waals surface area contributed by atoms with E-state index in [1.54, 1.807) is 30.3 Å². The van der Waals surface area contributed by atoms with Crippen molar-refractivity contribution in [3.05, 3.63) is 69.5 Å². The largest absolute Gasteiger partial charge is 0.383 e. The molecule has 0 fully saturated rings. The van der Waals surface area contributed by atoms with Gasteiger partial charge in [-0.1, -0.05) is 34.1 Å². The normalized spacial score (nSPS) is 10.7. The van der Waals surface area contributed by atoms with E-state index in [0.717, 1.165) is 6.07 Å². The van der Waals surface area contributed by atoms with Gasteiger partial charge in [-0.25, -0.2) is 26.9 Å². The van der Waals surface area contributed by atoms with E-state index in [0.29, 0.717) is 10.0 Å². The molecule has 27 heavy (non-hydrogen) atoms. The van der Waals surface area contributed by atoms with Crippen molar-refractivity contribution in [3.63, 3.8) is 0 Å². The molecule has 0 radical (unpaired) electrons. The lowest BCUT2D eigenvalue weighted by Gasteiger charge is -2.13. The third kappa shape index (κ3) is 3.02. The number of hydrogen-bond donors (Lipinski definition) is 1. The maximum Gasteiger partial charge on any atom is 0.200 e. The summed E-state index contributed by atoms with van der Waals surface area (Å²) in [6.45, 7) is 0. The molecule has 0 saturated heterocycles. The fourth-order valence-electron chi connectivity index (χ4n) is 2.53. The molecule has 0 bridgehead atoms. The first-order valence-corrected chi connectivity index (χ1v) is 8.04. The van der Waals surface area contributed by atoms with E-state index in [1.807, 2.05) is 0 Å². The van der Waals surface area contributed by atoms with Gasteiger partial charge >= 0.3 is 0 Å². The van der Waals surface area contributed by atoms with Crippen molar-refractivity contribution in [1.29, 1.82) is 5.26 Å². The zero-order valence-corrected chi connectivity index (χ0v) is 14.7. The van der Waals surface area contributed by atoms with Gasteiger partial charge in [0.1, 0.15) is 17.5 Å². The molecule has 2 N–H and O–H groups in total. The second-order valence-corrected chi connectivity index (χ2v) is 6.21. The molecule has 0 aliphatic heterocycles. The molecular weight excluding hydrogens is 433 g/mol. The van der Waals surface area contributed by atoms with Crippen LogP contribution in [-0.2, 0) is 0 Å². The first-order chi connectivity index (χ1) is 12.8. The third-order valence-electron chi connectivity index (χ3n) is 3.79. The van der Waals surface area contributed by atoms with Crippen LogP contribution in [0.25, 0.3) is 22.4 Å². The van der Waals surface area contributed by atoms with Gasteiger partial charge in [0.15, 0.2) is 23.3 Å². The van der Waals surface area contributed by atoms with Gasteiger partial charge in [-0.15, -0.1) is 0 Å². The summed E-state index contributed by atoms with van der Waals surface area (Å²) >= 11 is 3.27. The van der Waals surface area contributed by atoms with Crippen LogP contribution in [0.5, 0.6) is 0 Å². The van der Waals surface area contributed by atoms with Crippen molar-refractivity contribution in [2.45, 2.75) is 0 Å². The lowest BCUT2D eigenvalue weighted by atomic mass is 9.97. The average Bonchev–Trinajstić information content (AvgIpc) is 2.65. The second kappa shape index (κ2) is 6.96. The maximum atomic E-state index is 14.2. The molecule has 3 aromatic rings. The van der Waals surface area contributed by atoms with Crippen LogP contribution in [0.1, 0.15) is 5.56 Å². The van der Waals surface area contributed by atoms with Crippen molar-refractivity contribution in [2.24, 2.45) is 0 Å². The fourth-order valence-corrected chi connectivity index (χ4v) is 3.02. The molecular formula is C18H7BrF5N3. The highest BCUT2D eigenvalue weighted by molar-refractivity contribution is 9.10. The smallest absolute Gasteiger partial charge is 0.200 e. The first kappa shape index (κ1) is 18.8. The summed E-state index contributed by atoms with van der Waals surface area (Å²) in [5, 5.41) is 9.27. The van der Waals surface area contributed by atoms with Crippen LogP contribution < -0.4 is 5.73 Å². The van der Waals surface area contributed by atoms with E-state index in [1.165, 1.54) is 0 Å². The highest BCUT2D eigenvalue weighted by atomic mass is 79.9. The standard InChI is InChI=1S/C18H7BrF5N3/c19-10-4-2-1-3-7(10)11-5-8(9(6-25)18(26)27-11)12-13(20)15(22)17(24)16(23)14(12)21/h1-5H,(H2,26,27). The average molecular weight is 440 g/mol. The molecule has 0 aliphatic rings. The SMILES string of the molecule is N#Cc1c(-c2c(F)c(F)c(F)c(F)c2F)cc(-c2ccccc2Br)nc1N. The van der Waals surface area contributed by atoms with Gasteiger partial charge in [-0.3, -0.25) is 0 Å². The number of nitrogens with two attached hydrogens (primary N) is 1. The van der Waals surface area contributed by atoms with E-state index < -0.39 is 51.6 Å². The molecule has 2 aromatic carbocycles. The number of nitrogens with zero attached hydrogens (tertiary/aromatic N) is 2. The Labute approximate surface area is 158 Å². The van der Waals surface area contributed by atoms with Crippen molar-refractivity contribution >= 4 is 21.7 Å². The Hall–Kier alpha value is -2.99. The summed E-state index contributed by atoms with van der Waals surface area (Å²) in [6, 6.07) is 9.24. The summed E-state index contributed by atoms with van der Waals surface area (Å²) in [7, 11) is 0. The minimum Gasteiger partial charge on any atom is -0.383 e. The van der Waals surface area contributed by atoms with Crippen molar-refractivity contribution in [2.75, 3.05) is 5.73 Å². The zero-order chi connectivity index (χ0) is 19.9. The molecule has 0 saturated carbocycles. The number of rotatable bonds is 2. The van der Waals surface area contributed by atoms with Crippen LogP contribution in [0, 0.1) is 40.4 Å². The van der Waals surface area contributed by atoms with Crippen LogP contribution >= 0.6 is 15.9 Å². The van der Waals surface area contributed by atoms with Gasteiger partial charge in [0.05, 0.1) is 11.3 Å². The predicted molar refractivity (Wildman–Crippen MR) is 91.7 cm³/mol. The molecule has 0 aliphatic carbocycles. The Balaban J connectivity index is 2.42. The van der Waals surface area contributed by atoms with Gasteiger partial charge in [0, 0.05) is 15.6 Å². The third-order valence-corrected chi connectivity index (χ3v) is 4.48. The van der Waals surface area contributed by atoms with Gasteiger partial charge in [-0.2, -0.15) is 5.26 Å². The van der Waals surface area contributed by atoms with E-state index in [4.69, 9.17) is 5.73 Å². The molecule has 1 aromatic heterocycles. The Morgan fingerprint density at radius 2 is 1.44 bits per heavy atom. The van der Waals surface area contributed by atoms with Crippen molar-refractivity contribution in [1.82, 2.24) is 4.98 Å². The summed E-state index contributed by atoms with van der Waals surface area (Å²) in [5.74, 6) is -11.1. The molecule has 136 valence electrons. The van der Waals surface area contributed by atoms with Crippen LogP contribution in [-0.4, -0.2) is 4.98 Å². The summed E-state index contributed by atoms with van der Waals surface area (Å²) in [5.41, 5.74) is 3.93. The van der Waals surface area contributed by atoms with Crippen LogP contribution in [0.2, 0.25) is 0 Å². The van der Waals surface area contributed by atoms with E-state index >= 15 is 0 Å². The Morgan fingerprint density at radius 1 is 0.889 bits per heavy atom. The van der Waals surface area contributed by atoms with Gasteiger partial charge in [-0.05, 0) is 12.1 Å². The second-order valence-electron chi connectivity index (χ2n) is 5.35. The molecule has 0 unspecified atom stereocenters. The molecule has 0 amide bonds. The zero-order valence-electron chi connectivity index (χ0n) is 13.1. The number of halogens is 6. The van der Waals surface area contributed by atoms with Crippen molar-refractivity contribution < 1.29 is 22.0 Å². The van der Waals surface area contributed by atoms with Crippen LogP contribution in [0.15, 0.2) is 34.8 Å². The molecule has 3 rings (SSSR count). The van der Waals surface area contributed by atoms with Crippen LogP contribution in [0.3, 0.4) is 0 Å². The first-order valence-electron chi connectivity index (χ1n) is 7.25. The number of nitrogen functional groups attached to an aromatic ring is 1. The summed E-state index contributed by atoms with van der Waals surface area (Å²) in [6.07, 6.45) is 0. The number of aromatic nitrogens is 1. The highest BCUT2D eigenvalue weighted by Gasteiger charge is 2.29. The summed E-state index contributed by atoms with van der Waals surface area (Å²) in [4.78, 5) is 4.00. The number of anilines is 1. The number of benzene rings is 2. The minimum absolute atomic E-state index is 0.0814. The Morgan fingerprint density at radius 3 is 2.00 bits per heavy atom. The quantitative estimate of drug-likeness (QED) is 0.333. The van der Waals surface area contributed by atoms with Crippen LogP contribution in [0.4, 0.5) is 27.8 Å². The number of pyridine rings is 1. The van der Waals surface area contributed by atoms with E-state index in [2.05, 4.69) is 20.9 Å². The topological polar surface area (TPSA) is 62.7 Å². The molecule has 1 heterocycles. The highest BCUT2D eigenvalue weighted by Crippen LogP contribution is 2.38. The maximum absolute atomic E-state index is 14.2.